The number of fused-ring (bicyclic) bond motifs is 1. The molecule has 0 bridgehead atoms. The third-order valence-corrected chi connectivity index (χ3v) is 4.81. The second kappa shape index (κ2) is 6.70. The summed E-state index contributed by atoms with van der Waals surface area (Å²) in [5.74, 6) is -0.0591. The molecule has 6 amide bonds. The monoisotopic (exact) mass is 388 g/mol. The molecule has 1 aromatic carbocycles. The Morgan fingerprint density at radius 3 is 2.75 bits per heavy atom. The summed E-state index contributed by atoms with van der Waals surface area (Å²) in [5.41, 5.74) is -0.433. The number of nitrogens with one attached hydrogen (secondary N) is 3. The number of carbonyl (C=O) groups excluding carboxylic acids is 4. The maximum atomic E-state index is 12.8. The number of carbonyl (C=O) groups is 4. The minimum absolute atomic E-state index is 0.0921. The van der Waals surface area contributed by atoms with Gasteiger partial charge in [0.2, 0.25) is 12.7 Å². The van der Waals surface area contributed by atoms with E-state index in [1.807, 2.05) is 0 Å². The first-order chi connectivity index (χ1) is 13.3. The number of ether oxygens (including phenoxy) is 2. The molecule has 148 valence electrons. The van der Waals surface area contributed by atoms with Crippen LogP contribution in [0.3, 0.4) is 0 Å². The number of hydrogen-bond acceptors (Lipinski definition) is 6. The van der Waals surface area contributed by atoms with Crippen LogP contribution in [0.15, 0.2) is 18.2 Å². The number of hydrogen-bond donors (Lipinski definition) is 3. The Morgan fingerprint density at radius 2 is 2.00 bits per heavy atom. The predicted molar refractivity (Wildman–Crippen MR) is 94.6 cm³/mol. The van der Waals surface area contributed by atoms with Gasteiger partial charge in [-0.05, 0) is 37.5 Å². The summed E-state index contributed by atoms with van der Waals surface area (Å²) >= 11 is 0. The van der Waals surface area contributed by atoms with Gasteiger partial charge < -0.3 is 20.1 Å². The number of imide groups is 2. The Kier molecular flexibility index (Phi) is 4.33. The molecule has 0 spiro atoms. The van der Waals surface area contributed by atoms with Crippen LogP contribution in [0.5, 0.6) is 11.5 Å². The number of amides is 6. The average Bonchev–Trinajstić information content (AvgIpc) is 3.26. The zero-order valence-corrected chi connectivity index (χ0v) is 15.2. The highest BCUT2D eigenvalue weighted by Gasteiger charge is 2.48. The van der Waals surface area contributed by atoms with E-state index in [2.05, 4.69) is 16.0 Å². The summed E-state index contributed by atoms with van der Waals surface area (Å²) in [7, 11) is 0. The van der Waals surface area contributed by atoms with Gasteiger partial charge in [0.1, 0.15) is 12.1 Å². The van der Waals surface area contributed by atoms with Gasteiger partial charge in [0.25, 0.3) is 5.91 Å². The molecule has 2 fully saturated rings. The van der Waals surface area contributed by atoms with E-state index in [0.29, 0.717) is 11.5 Å². The predicted octanol–water partition coefficient (Wildman–Crippen LogP) is 0.257. The Bertz CT molecular complexity index is 868. The maximum absolute atomic E-state index is 12.8. The molecule has 0 aromatic heterocycles. The first-order valence-electron chi connectivity index (χ1n) is 8.97. The molecule has 4 rings (SSSR count). The molecule has 0 unspecified atom stereocenters. The molecule has 1 aromatic rings. The number of nitrogens with zero attached hydrogens (tertiary/aromatic N) is 1. The second-order valence-electron chi connectivity index (χ2n) is 7.31. The molecule has 2 heterocycles. The van der Waals surface area contributed by atoms with Crippen molar-refractivity contribution in [1.82, 2.24) is 20.9 Å². The lowest BCUT2D eigenvalue weighted by atomic mass is 9.92. The van der Waals surface area contributed by atoms with E-state index in [0.717, 1.165) is 23.3 Å². The standard InChI is InChI=1S/C18H20N4O6/c1-18(7-10-2-5-12-13(6-10)28-9-27-12)15(24)22(17(26)21-18)8-14(23)20-16(25)19-11-3-4-11/h2,5-6,11H,3-4,7-9H2,1H3,(H,21,26)(H2,19,20,23,25)/t18-/m1/s1. The van der Waals surface area contributed by atoms with E-state index in [1.165, 1.54) is 0 Å². The zero-order valence-electron chi connectivity index (χ0n) is 15.2. The van der Waals surface area contributed by atoms with E-state index in [-0.39, 0.29) is 19.3 Å². The molecule has 1 saturated carbocycles. The third kappa shape index (κ3) is 3.57. The highest BCUT2D eigenvalue weighted by atomic mass is 16.7. The molecule has 3 N–H and O–H groups in total. The highest BCUT2D eigenvalue weighted by Crippen LogP contribution is 2.34. The second-order valence-corrected chi connectivity index (χ2v) is 7.31. The first kappa shape index (κ1) is 18.1. The first-order valence-corrected chi connectivity index (χ1v) is 8.97. The Labute approximate surface area is 160 Å². The van der Waals surface area contributed by atoms with Gasteiger partial charge in [0.15, 0.2) is 11.5 Å². The fraction of sp³-hybridized carbons (Fsp3) is 0.444. The van der Waals surface area contributed by atoms with E-state index in [4.69, 9.17) is 9.47 Å². The summed E-state index contributed by atoms with van der Waals surface area (Å²) in [6, 6.07) is 4.08. The summed E-state index contributed by atoms with van der Waals surface area (Å²) in [4.78, 5) is 49.5. The normalized spacial score (nSPS) is 22.8. The van der Waals surface area contributed by atoms with Gasteiger partial charge in [-0.1, -0.05) is 6.07 Å². The quantitative estimate of drug-likeness (QED) is 0.621. The molecule has 1 saturated heterocycles. The molecule has 3 aliphatic rings. The van der Waals surface area contributed by atoms with E-state index < -0.39 is 36.0 Å². The lowest BCUT2D eigenvalue weighted by Gasteiger charge is -2.21. The van der Waals surface area contributed by atoms with Crippen molar-refractivity contribution in [2.75, 3.05) is 13.3 Å². The molecule has 0 radical (unpaired) electrons. The molecule has 2 aliphatic heterocycles. The average molecular weight is 388 g/mol. The topological polar surface area (TPSA) is 126 Å². The van der Waals surface area contributed by atoms with Crippen LogP contribution in [-0.2, 0) is 16.0 Å². The van der Waals surface area contributed by atoms with Crippen molar-refractivity contribution in [3.63, 3.8) is 0 Å². The smallest absolute Gasteiger partial charge is 0.325 e. The molecule has 10 heteroatoms. The summed E-state index contributed by atoms with van der Waals surface area (Å²) in [6.07, 6.45) is 1.98. The Hall–Kier alpha value is -3.30. The van der Waals surface area contributed by atoms with Crippen LogP contribution in [0.1, 0.15) is 25.3 Å². The van der Waals surface area contributed by atoms with Crippen molar-refractivity contribution in [2.24, 2.45) is 0 Å². The number of urea groups is 2. The Morgan fingerprint density at radius 1 is 1.25 bits per heavy atom. The molecule has 10 nitrogen and oxygen atoms in total. The third-order valence-electron chi connectivity index (χ3n) is 4.81. The van der Waals surface area contributed by atoms with Crippen LogP contribution in [0.4, 0.5) is 9.59 Å². The molecular weight excluding hydrogens is 368 g/mol. The van der Waals surface area contributed by atoms with E-state index in [1.54, 1.807) is 25.1 Å². The molecule has 28 heavy (non-hydrogen) atoms. The number of rotatable bonds is 5. The fourth-order valence-corrected chi connectivity index (χ4v) is 3.23. The lowest BCUT2D eigenvalue weighted by molar-refractivity contribution is -0.134. The van der Waals surface area contributed by atoms with Gasteiger partial charge >= 0.3 is 12.1 Å². The number of benzene rings is 1. The van der Waals surface area contributed by atoms with Crippen molar-refractivity contribution < 1.29 is 28.7 Å². The lowest BCUT2D eigenvalue weighted by Crippen LogP contribution is -2.48. The molecule has 1 aliphatic carbocycles. The van der Waals surface area contributed by atoms with Crippen LogP contribution in [0.2, 0.25) is 0 Å². The molecule has 1 atom stereocenters. The minimum atomic E-state index is -1.21. The van der Waals surface area contributed by atoms with Crippen molar-refractivity contribution in [3.8, 4) is 11.5 Å². The fourth-order valence-electron chi connectivity index (χ4n) is 3.23. The van der Waals surface area contributed by atoms with Gasteiger partial charge in [0.05, 0.1) is 0 Å². The van der Waals surface area contributed by atoms with Crippen LogP contribution >= 0.6 is 0 Å². The maximum Gasteiger partial charge on any atom is 0.325 e. The van der Waals surface area contributed by atoms with Crippen LogP contribution in [0, 0.1) is 0 Å². The van der Waals surface area contributed by atoms with Crippen LogP contribution in [0.25, 0.3) is 0 Å². The minimum Gasteiger partial charge on any atom is -0.454 e. The van der Waals surface area contributed by atoms with Gasteiger partial charge in [0, 0.05) is 12.5 Å². The van der Waals surface area contributed by atoms with Crippen LogP contribution < -0.4 is 25.4 Å². The van der Waals surface area contributed by atoms with Gasteiger partial charge in [-0.3, -0.25) is 19.8 Å². The van der Waals surface area contributed by atoms with Gasteiger partial charge in [-0.2, -0.15) is 0 Å². The van der Waals surface area contributed by atoms with E-state index >= 15 is 0 Å². The van der Waals surface area contributed by atoms with Crippen molar-refractivity contribution >= 4 is 23.9 Å². The van der Waals surface area contributed by atoms with E-state index in [9.17, 15) is 19.2 Å². The SMILES string of the molecule is C[C@]1(Cc2ccc3c(c2)OCO3)NC(=O)N(CC(=O)NC(=O)NC2CC2)C1=O. The van der Waals surface area contributed by atoms with Crippen molar-refractivity contribution in [1.29, 1.82) is 0 Å². The largest absolute Gasteiger partial charge is 0.454 e. The summed E-state index contributed by atoms with van der Waals surface area (Å²) < 4.78 is 10.6. The summed E-state index contributed by atoms with van der Waals surface area (Å²) in [5, 5.41) is 7.37. The van der Waals surface area contributed by atoms with Gasteiger partial charge in [-0.15, -0.1) is 0 Å². The van der Waals surface area contributed by atoms with Crippen molar-refractivity contribution in [3.05, 3.63) is 23.8 Å². The van der Waals surface area contributed by atoms with Gasteiger partial charge in [-0.25, -0.2) is 9.59 Å². The zero-order chi connectivity index (χ0) is 19.9. The van der Waals surface area contributed by atoms with Crippen molar-refractivity contribution in [2.45, 2.75) is 37.8 Å². The highest BCUT2D eigenvalue weighted by molar-refractivity contribution is 6.09. The van der Waals surface area contributed by atoms with Crippen LogP contribution in [-0.4, -0.2) is 53.7 Å². The molecular formula is C18H20N4O6. The summed E-state index contributed by atoms with van der Waals surface area (Å²) in [6.45, 7) is 1.21. The Balaban J connectivity index is 1.39.